The van der Waals surface area contributed by atoms with Crippen LogP contribution in [0.15, 0.2) is 42.1 Å². The van der Waals surface area contributed by atoms with Crippen LogP contribution in [0, 0.1) is 6.92 Å². The van der Waals surface area contributed by atoms with Crippen molar-refractivity contribution in [2.45, 2.75) is 13.3 Å². The molecule has 72 valence electrons. The minimum Gasteiger partial charge on any atom is -0.477 e. The second-order valence-corrected chi connectivity index (χ2v) is 3.13. The van der Waals surface area contributed by atoms with Gasteiger partial charge in [-0.15, -0.1) is 5.73 Å². The van der Waals surface area contributed by atoms with Gasteiger partial charge in [-0.3, -0.25) is 0 Å². The molecule has 0 radical (unpaired) electrons. The number of aryl methyl sites for hydroxylation is 1. The number of carbonyl (C=O) groups is 1. The molecule has 0 heterocycles. The molecule has 0 unspecified atom stereocenters. The summed E-state index contributed by atoms with van der Waals surface area (Å²) in [5.74, 6) is -0.957. The zero-order chi connectivity index (χ0) is 10.6. The molecular weight excluding hydrogens is 176 g/mol. The number of hydrogen-bond donors (Lipinski definition) is 1. The van der Waals surface area contributed by atoms with Crippen LogP contribution in [0.5, 0.6) is 0 Å². The third kappa shape index (κ3) is 2.61. The highest BCUT2D eigenvalue weighted by atomic mass is 16.4. The van der Waals surface area contributed by atoms with Gasteiger partial charge in [0.2, 0.25) is 0 Å². The van der Waals surface area contributed by atoms with Gasteiger partial charge < -0.3 is 5.11 Å². The highest BCUT2D eigenvalue weighted by molar-refractivity contribution is 5.86. The number of benzene rings is 1. The molecule has 1 aromatic carbocycles. The quantitative estimate of drug-likeness (QED) is 0.584. The van der Waals surface area contributed by atoms with Crippen LogP contribution in [-0.2, 0) is 11.2 Å². The minimum atomic E-state index is -0.957. The van der Waals surface area contributed by atoms with Crippen molar-refractivity contribution < 1.29 is 9.90 Å². The normalized spacial score (nSPS) is 9.21. The number of hydrogen-bond acceptors (Lipinski definition) is 1. The molecule has 0 saturated carbocycles. The van der Waals surface area contributed by atoms with E-state index in [1.807, 2.05) is 31.2 Å². The first-order valence-corrected chi connectivity index (χ1v) is 4.31. The van der Waals surface area contributed by atoms with E-state index in [1.54, 1.807) is 0 Å². The molecule has 0 spiro atoms. The molecule has 0 amide bonds. The van der Waals surface area contributed by atoms with Crippen LogP contribution in [0.2, 0.25) is 0 Å². The van der Waals surface area contributed by atoms with Crippen LogP contribution in [0.25, 0.3) is 0 Å². The molecule has 2 heteroatoms. The lowest BCUT2D eigenvalue weighted by Crippen LogP contribution is -2.02. The SMILES string of the molecule is C=C=C(Cc1cccc(C)c1)C(=O)O. The summed E-state index contributed by atoms with van der Waals surface area (Å²) in [5, 5.41) is 8.76. The van der Waals surface area contributed by atoms with E-state index in [2.05, 4.69) is 12.3 Å². The standard InChI is InChI=1S/C12H12O2/c1-3-11(12(13)14)8-10-6-4-5-9(2)7-10/h4-7H,1,8H2,2H3,(H,13,14). The summed E-state index contributed by atoms with van der Waals surface area (Å²) in [7, 11) is 0. The Morgan fingerprint density at radius 3 is 2.79 bits per heavy atom. The number of aliphatic carboxylic acids is 1. The van der Waals surface area contributed by atoms with Crippen LogP contribution < -0.4 is 0 Å². The summed E-state index contributed by atoms with van der Waals surface area (Å²) < 4.78 is 0. The van der Waals surface area contributed by atoms with Gasteiger partial charge in [-0.25, -0.2) is 4.79 Å². The van der Waals surface area contributed by atoms with Gasteiger partial charge in [0.15, 0.2) is 0 Å². The highest BCUT2D eigenvalue weighted by Gasteiger charge is 2.06. The Morgan fingerprint density at radius 1 is 1.57 bits per heavy atom. The van der Waals surface area contributed by atoms with Gasteiger partial charge in [0.05, 0.1) is 5.57 Å². The maximum atomic E-state index is 10.7. The Labute approximate surface area is 83.2 Å². The largest absolute Gasteiger partial charge is 0.477 e. The maximum Gasteiger partial charge on any atom is 0.339 e. The smallest absolute Gasteiger partial charge is 0.339 e. The van der Waals surface area contributed by atoms with Crippen molar-refractivity contribution in [2.75, 3.05) is 0 Å². The summed E-state index contributed by atoms with van der Waals surface area (Å²) in [6.45, 7) is 5.33. The van der Waals surface area contributed by atoms with E-state index < -0.39 is 5.97 Å². The second kappa shape index (κ2) is 4.45. The fraction of sp³-hybridized carbons (Fsp3) is 0.167. The first-order chi connectivity index (χ1) is 6.63. The van der Waals surface area contributed by atoms with Crippen LogP contribution >= 0.6 is 0 Å². The second-order valence-electron chi connectivity index (χ2n) is 3.13. The summed E-state index contributed by atoms with van der Waals surface area (Å²) in [6.07, 6.45) is 0.376. The van der Waals surface area contributed by atoms with Crippen molar-refractivity contribution in [3.8, 4) is 0 Å². The minimum absolute atomic E-state index is 0.204. The Hall–Kier alpha value is -1.79. The number of rotatable bonds is 3. The molecule has 1 aromatic rings. The molecule has 1 rings (SSSR count). The molecule has 1 N–H and O–H groups in total. The maximum absolute atomic E-state index is 10.7. The molecule has 0 bridgehead atoms. The van der Waals surface area contributed by atoms with Crippen molar-refractivity contribution in [1.29, 1.82) is 0 Å². The Kier molecular flexibility index (Phi) is 3.27. The lowest BCUT2D eigenvalue weighted by Gasteiger charge is -2.01. The first kappa shape index (κ1) is 10.3. The van der Waals surface area contributed by atoms with E-state index in [0.29, 0.717) is 6.42 Å². The van der Waals surface area contributed by atoms with Gasteiger partial charge in [-0.1, -0.05) is 36.4 Å². The van der Waals surface area contributed by atoms with Crippen LogP contribution in [0.1, 0.15) is 11.1 Å². The van der Waals surface area contributed by atoms with Crippen molar-refractivity contribution in [1.82, 2.24) is 0 Å². The molecule has 0 aromatic heterocycles. The Bertz CT molecular complexity index is 399. The van der Waals surface area contributed by atoms with E-state index in [1.165, 1.54) is 0 Å². The molecule has 0 saturated heterocycles. The molecule has 2 nitrogen and oxygen atoms in total. The molecule has 0 aliphatic heterocycles. The van der Waals surface area contributed by atoms with Gasteiger partial charge in [-0.2, -0.15) is 0 Å². The molecule has 0 atom stereocenters. The van der Waals surface area contributed by atoms with Crippen molar-refractivity contribution >= 4 is 5.97 Å². The summed E-state index contributed by atoms with van der Waals surface area (Å²) >= 11 is 0. The summed E-state index contributed by atoms with van der Waals surface area (Å²) in [4.78, 5) is 10.7. The summed E-state index contributed by atoms with van der Waals surface area (Å²) in [5.41, 5.74) is 4.73. The van der Waals surface area contributed by atoms with Crippen LogP contribution in [-0.4, -0.2) is 11.1 Å². The van der Waals surface area contributed by atoms with Crippen molar-refractivity contribution in [3.05, 3.63) is 53.3 Å². The third-order valence-corrected chi connectivity index (χ3v) is 1.93. The molecular formula is C12H12O2. The Morgan fingerprint density at radius 2 is 2.29 bits per heavy atom. The molecule has 0 fully saturated rings. The van der Waals surface area contributed by atoms with Crippen molar-refractivity contribution in [3.63, 3.8) is 0 Å². The molecule has 14 heavy (non-hydrogen) atoms. The predicted molar refractivity (Wildman–Crippen MR) is 55.2 cm³/mol. The third-order valence-electron chi connectivity index (χ3n) is 1.93. The van der Waals surface area contributed by atoms with Gasteiger partial charge >= 0.3 is 5.97 Å². The lowest BCUT2D eigenvalue weighted by molar-refractivity contribution is -0.132. The van der Waals surface area contributed by atoms with E-state index in [4.69, 9.17) is 5.11 Å². The van der Waals surface area contributed by atoms with Crippen LogP contribution in [0.4, 0.5) is 0 Å². The van der Waals surface area contributed by atoms with Gasteiger partial charge in [0.1, 0.15) is 0 Å². The van der Waals surface area contributed by atoms with E-state index in [9.17, 15) is 4.79 Å². The van der Waals surface area contributed by atoms with Gasteiger partial charge in [-0.05, 0) is 12.5 Å². The van der Waals surface area contributed by atoms with Gasteiger partial charge in [0.25, 0.3) is 0 Å². The zero-order valence-electron chi connectivity index (χ0n) is 8.08. The van der Waals surface area contributed by atoms with Crippen LogP contribution in [0.3, 0.4) is 0 Å². The van der Waals surface area contributed by atoms with Crippen molar-refractivity contribution in [2.24, 2.45) is 0 Å². The number of carboxylic acids is 1. The van der Waals surface area contributed by atoms with Gasteiger partial charge in [0, 0.05) is 6.42 Å². The fourth-order valence-corrected chi connectivity index (χ4v) is 1.24. The Balaban J connectivity index is 2.88. The average molecular weight is 188 g/mol. The first-order valence-electron chi connectivity index (χ1n) is 4.31. The topological polar surface area (TPSA) is 37.3 Å². The highest BCUT2D eigenvalue weighted by Crippen LogP contribution is 2.09. The summed E-state index contributed by atoms with van der Waals surface area (Å²) in [6, 6.07) is 7.74. The zero-order valence-corrected chi connectivity index (χ0v) is 8.08. The average Bonchev–Trinajstić information content (AvgIpc) is 2.14. The molecule has 0 aliphatic rings. The molecule has 0 aliphatic carbocycles. The monoisotopic (exact) mass is 188 g/mol. The number of carboxylic acid groups (broad SMARTS) is 1. The van der Waals surface area contributed by atoms with E-state index in [-0.39, 0.29) is 5.57 Å². The fourth-order valence-electron chi connectivity index (χ4n) is 1.24. The predicted octanol–water partition coefficient (Wildman–Crippen LogP) is 2.33. The lowest BCUT2D eigenvalue weighted by atomic mass is 10.0. The van der Waals surface area contributed by atoms with E-state index >= 15 is 0 Å². The van der Waals surface area contributed by atoms with E-state index in [0.717, 1.165) is 11.1 Å².